The van der Waals surface area contributed by atoms with Crippen LogP contribution in [-0.4, -0.2) is 34.2 Å². The van der Waals surface area contributed by atoms with Crippen LogP contribution in [0, 0.1) is 5.92 Å². The van der Waals surface area contributed by atoms with Gasteiger partial charge in [0, 0.05) is 23.6 Å². The lowest BCUT2D eigenvalue weighted by Crippen LogP contribution is -2.50. The van der Waals surface area contributed by atoms with Gasteiger partial charge in [-0.15, -0.1) is 0 Å². The van der Waals surface area contributed by atoms with E-state index in [9.17, 15) is 9.59 Å². The van der Waals surface area contributed by atoms with Crippen LogP contribution >= 0.6 is 0 Å². The summed E-state index contributed by atoms with van der Waals surface area (Å²) in [5, 5.41) is 0.813. The quantitative estimate of drug-likeness (QED) is 0.522. The number of Topliss-reactive ketones (excluding diaryl/α,β-unsaturated/α-hetero) is 1. The summed E-state index contributed by atoms with van der Waals surface area (Å²) in [5.74, 6) is -0.373. The minimum absolute atomic E-state index is 0.0941. The first-order valence-electron chi connectivity index (χ1n) is 7.34. The zero-order chi connectivity index (χ0) is 14.4. The third kappa shape index (κ3) is 1.90. The lowest BCUT2D eigenvalue weighted by molar-refractivity contribution is -0.130. The van der Waals surface area contributed by atoms with Crippen molar-refractivity contribution in [3.8, 4) is 0 Å². The normalized spacial score (nSPS) is 23.7. The van der Waals surface area contributed by atoms with E-state index in [1.54, 1.807) is 11.1 Å². The van der Waals surface area contributed by atoms with Gasteiger partial charge in [-0.2, -0.15) is 0 Å². The van der Waals surface area contributed by atoms with Crippen molar-refractivity contribution in [2.24, 2.45) is 5.92 Å². The Labute approximate surface area is 122 Å². The first-order chi connectivity index (χ1) is 10.2. The van der Waals surface area contributed by atoms with Gasteiger partial charge < -0.3 is 9.88 Å². The third-order valence-electron chi connectivity index (χ3n) is 4.56. The number of hydrogen-bond acceptors (Lipinski definition) is 2. The van der Waals surface area contributed by atoms with Gasteiger partial charge in [0.15, 0.2) is 0 Å². The molecule has 1 N–H and O–H groups in total. The predicted octanol–water partition coefficient (Wildman–Crippen LogP) is 2.53. The van der Waals surface area contributed by atoms with Crippen LogP contribution in [0.2, 0.25) is 0 Å². The fourth-order valence-electron chi connectivity index (χ4n) is 3.40. The molecule has 0 radical (unpaired) electrons. The molecule has 0 spiro atoms. The zero-order valence-electron chi connectivity index (χ0n) is 11.6. The monoisotopic (exact) mass is 280 g/mol. The van der Waals surface area contributed by atoms with E-state index < -0.39 is 5.78 Å². The molecular formula is C17H16N2O2. The second-order valence-electron chi connectivity index (χ2n) is 5.82. The molecule has 2 aromatic rings. The molecule has 2 atom stereocenters. The second-order valence-corrected chi connectivity index (χ2v) is 5.82. The van der Waals surface area contributed by atoms with E-state index in [1.165, 1.54) is 0 Å². The number of rotatable bonds is 2. The maximum Gasteiger partial charge on any atom is 0.295 e. The van der Waals surface area contributed by atoms with Crippen LogP contribution in [0.4, 0.5) is 0 Å². The number of para-hydroxylation sites is 1. The number of carbonyl (C=O) groups is 2. The molecular weight excluding hydrogens is 264 g/mol. The molecule has 21 heavy (non-hydrogen) atoms. The van der Waals surface area contributed by atoms with E-state index in [-0.39, 0.29) is 11.9 Å². The standard InChI is InChI=1S/C17H16N2O2/c20-16(14-9-18-15-4-2-1-3-13(14)15)17(21)19-10-11-5-7-12(19)8-6-11/h1-5,7,9,11-12,18H,6,8,10H2/t11-,12+/m0/s1. The fraction of sp³-hybridized carbons (Fsp3) is 0.294. The van der Waals surface area contributed by atoms with E-state index in [0.29, 0.717) is 18.0 Å². The maximum absolute atomic E-state index is 12.6. The number of ketones is 1. The van der Waals surface area contributed by atoms with Crippen LogP contribution < -0.4 is 0 Å². The Hall–Kier alpha value is -2.36. The highest BCUT2D eigenvalue weighted by molar-refractivity contribution is 6.45. The van der Waals surface area contributed by atoms with Gasteiger partial charge >= 0.3 is 0 Å². The molecule has 1 aromatic heterocycles. The highest BCUT2D eigenvalue weighted by atomic mass is 16.2. The summed E-state index contributed by atoms with van der Waals surface area (Å²) in [6.45, 7) is 0.675. The van der Waals surface area contributed by atoms with E-state index in [4.69, 9.17) is 0 Å². The second kappa shape index (κ2) is 4.58. The molecule has 3 heterocycles. The predicted molar refractivity (Wildman–Crippen MR) is 80.0 cm³/mol. The minimum atomic E-state index is -0.409. The Kier molecular flexibility index (Phi) is 2.70. The Morgan fingerprint density at radius 3 is 2.71 bits per heavy atom. The van der Waals surface area contributed by atoms with Gasteiger partial charge in [0.25, 0.3) is 11.7 Å². The topological polar surface area (TPSA) is 53.2 Å². The molecule has 5 rings (SSSR count). The number of nitrogens with zero attached hydrogens (tertiary/aromatic N) is 1. The smallest absolute Gasteiger partial charge is 0.295 e. The zero-order valence-corrected chi connectivity index (χ0v) is 11.6. The van der Waals surface area contributed by atoms with Crippen molar-refractivity contribution in [1.29, 1.82) is 0 Å². The first-order valence-corrected chi connectivity index (χ1v) is 7.34. The lowest BCUT2D eigenvalue weighted by Gasteiger charge is -2.40. The van der Waals surface area contributed by atoms with Crippen LogP contribution in [0.5, 0.6) is 0 Å². The number of amides is 1. The maximum atomic E-state index is 12.6. The van der Waals surface area contributed by atoms with Crippen LogP contribution in [0.25, 0.3) is 10.9 Å². The van der Waals surface area contributed by atoms with Gasteiger partial charge in [0.1, 0.15) is 0 Å². The molecule has 1 amide bonds. The van der Waals surface area contributed by atoms with E-state index in [1.807, 2.05) is 24.3 Å². The highest BCUT2D eigenvalue weighted by Gasteiger charge is 2.36. The van der Waals surface area contributed by atoms with Crippen molar-refractivity contribution in [1.82, 2.24) is 9.88 Å². The Balaban J connectivity index is 1.66. The van der Waals surface area contributed by atoms with Crippen molar-refractivity contribution < 1.29 is 9.59 Å². The van der Waals surface area contributed by atoms with Crippen molar-refractivity contribution >= 4 is 22.6 Å². The number of carbonyl (C=O) groups excluding carboxylic acids is 2. The number of H-pyrrole nitrogens is 1. The lowest BCUT2D eigenvalue weighted by atomic mass is 9.85. The van der Waals surface area contributed by atoms with Crippen molar-refractivity contribution in [2.45, 2.75) is 18.9 Å². The molecule has 4 nitrogen and oxygen atoms in total. The Morgan fingerprint density at radius 2 is 2.00 bits per heavy atom. The van der Waals surface area contributed by atoms with Crippen molar-refractivity contribution in [2.75, 3.05) is 6.54 Å². The summed E-state index contributed by atoms with van der Waals surface area (Å²) < 4.78 is 0. The molecule has 1 aliphatic carbocycles. The molecule has 4 heteroatoms. The first kappa shape index (κ1) is 12.4. The number of benzene rings is 1. The van der Waals surface area contributed by atoms with Crippen LogP contribution in [0.15, 0.2) is 42.6 Å². The highest BCUT2D eigenvalue weighted by Crippen LogP contribution is 2.30. The summed E-state index contributed by atoms with van der Waals surface area (Å²) in [7, 11) is 0. The average Bonchev–Trinajstić information content (AvgIpc) is 2.98. The van der Waals surface area contributed by atoms with Gasteiger partial charge in [0.2, 0.25) is 0 Å². The SMILES string of the molecule is O=C(C(=O)N1C[C@H]2C=C[C@@H]1CC2)c1c[nH]c2ccccc12. The van der Waals surface area contributed by atoms with Crippen LogP contribution in [0.1, 0.15) is 23.2 Å². The number of nitrogens with one attached hydrogen (secondary N) is 1. The third-order valence-corrected chi connectivity index (χ3v) is 4.56. The molecule has 2 aliphatic heterocycles. The molecule has 1 fully saturated rings. The molecule has 3 aliphatic rings. The summed E-state index contributed by atoms with van der Waals surface area (Å²) in [6, 6.07) is 7.65. The van der Waals surface area contributed by atoms with E-state index in [0.717, 1.165) is 23.7 Å². The Bertz CT molecular complexity index is 759. The summed E-state index contributed by atoms with van der Waals surface area (Å²) in [4.78, 5) is 29.9. The van der Waals surface area contributed by atoms with Gasteiger partial charge in [-0.25, -0.2) is 0 Å². The van der Waals surface area contributed by atoms with E-state index in [2.05, 4.69) is 17.1 Å². The van der Waals surface area contributed by atoms with E-state index >= 15 is 0 Å². The summed E-state index contributed by atoms with van der Waals surface area (Å²) in [6.07, 6.45) is 7.97. The largest absolute Gasteiger partial charge is 0.360 e. The summed E-state index contributed by atoms with van der Waals surface area (Å²) in [5.41, 5.74) is 1.36. The van der Waals surface area contributed by atoms with Crippen LogP contribution in [0.3, 0.4) is 0 Å². The fourth-order valence-corrected chi connectivity index (χ4v) is 3.40. The molecule has 1 saturated heterocycles. The van der Waals surface area contributed by atoms with Gasteiger partial charge in [-0.1, -0.05) is 30.4 Å². The molecule has 0 unspecified atom stereocenters. The van der Waals surface area contributed by atoms with Crippen molar-refractivity contribution in [3.63, 3.8) is 0 Å². The van der Waals surface area contributed by atoms with Gasteiger partial charge in [-0.05, 0) is 24.8 Å². The van der Waals surface area contributed by atoms with Crippen molar-refractivity contribution in [3.05, 3.63) is 48.2 Å². The molecule has 2 bridgehead atoms. The molecule has 106 valence electrons. The molecule has 0 saturated carbocycles. The minimum Gasteiger partial charge on any atom is -0.360 e. The number of fused-ring (bicyclic) bond motifs is 3. The molecule has 1 aromatic carbocycles. The Morgan fingerprint density at radius 1 is 1.14 bits per heavy atom. The van der Waals surface area contributed by atoms with Gasteiger partial charge in [-0.3, -0.25) is 9.59 Å². The van der Waals surface area contributed by atoms with Gasteiger partial charge in [0.05, 0.1) is 11.6 Å². The van der Waals surface area contributed by atoms with Crippen LogP contribution in [-0.2, 0) is 4.79 Å². The number of aromatic amines is 1. The number of piperidine rings is 1. The summed E-state index contributed by atoms with van der Waals surface area (Å²) >= 11 is 0. The number of hydrogen-bond donors (Lipinski definition) is 1. The average molecular weight is 280 g/mol. The number of aromatic nitrogens is 1.